The van der Waals surface area contributed by atoms with Crippen LogP contribution < -0.4 is 5.84 Å². The second-order valence-electron chi connectivity index (χ2n) is 3.16. The molecule has 0 aromatic rings. The molecule has 0 aliphatic rings. The van der Waals surface area contributed by atoms with Gasteiger partial charge in [-0.15, -0.1) is 0 Å². The van der Waals surface area contributed by atoms with Gasteiger partial charge in [-0.05, 0) is 19.8 Å². The van der Waals surface area contributed by atoms with Crippen molar-refractivity contribution in [2.24, 2.45) is 5.84 Å². The molecule has 0 saturated carbocycles. The zero-order valence-corrected chi connectivity index (χ0v) is 8.34. The van der Waals surface area contributed by atoms with Gasteiger partial charge in [0.05, 0.1) is 0 Å². The lowest BCUT2D eigenvalue weighted by Gasteiger charge is -2.22. The van der Waals surface area contributed by atoms with E-state index in [1.165, 1.54) is 5.01 Å². The van der Waals surface area contributed by atoms with Gasteiger partial charge < -0.3 is 0 Å². The standard InChI is InChI=1S/C9H20N2O/c1-4-6-7-9(12)11(10)8(3)5-2/h8H,4-7,10H2,1-3H3. The Morgan fingerprint density at radius 2 is 2.08 bits per heavy atom. The van der Waals surface area contributed by atoms with Crippen molar-refractivity contribution in [3.8, 4) is 0 Å². The average Bonchev–Trinajstić information content (AvgIpc) is 2.11. The summed E-state index contributed by atoms with van der Waals surface area (Å²) < 4.78 is 0. The van der Waals surface area contributed by atoms with Crippen LogP contribution in [0.2, 0.25) is 0 Å². The van der Waals surface area contributed by atoms with Crippen LogP contribution in [0.5, 0.6) is 0 Å². The monoisotopic (exact) mass is 172 g/mol. The first kappa shape index (κ1) is 11.4. The molecule has 0 aromatic carbocycles. The SMILES string of the molecule is CCCCC(=O)N(N)C(C)CC. The van der Waals surface area contributed by atoms with Crippen molar-refractivity contribution in [3.05, 3.63) is 0 Å². The van der Waals surface area contributed by atoms with E-state index in [4.69, 9.17) is 5.84 Å². The van der Waals surface area contributed by atoms with Gasteiger partial charge in [-0.1, -0.05) is 20.3 Å². The van der Waals surface area contributed by atoms with Crippen LogP contribution >= 0.6 is 0 Å². The van der Waals surface area contributed by atoms with Crippen molar-refractivity contribution < 1.29 is 4.79 Å². The normalized spacial score (nSPS) is 12.7. The molecular weight excluding hydrogens is 152 g/mol. The second kappa shape index (κ2) is 6.00. The molecule has 3 nitrogen and oxygen atoms in total. The Kier molecular flexibility index (Phi) is 5.72. The fraction of sp³-hybridized carbons (Fsp3) is 0.889. The number of hydrazine groups is 1. The number of rotatable bonds is 5. The Morgan fingerprint density at radius 1 is 1.50 bits per heavy atom. The van der Waals surface area contributed by atoms with Crippen LogP contribution in [0.4, 0.5) is 0 Å². The third-order valence-electron chi connectivity index (χ3n) is 2.10. The number of nitrogens with zero attached hydrogens (tertiary/aromatic N) is 1. The molecule has 0 aliphatic heterocycles. The number of carbonyl (C=O) groups is 1. The van der Waals surface area contributed by atoms with Gasteiger partial charge in [-0.3, -0.25) is 9.80 Å². The zero-order chi connectivity index (χ0) is 9.56. The summed E-state index contributed by atoms with van der Waals surface area (Å²) in [5.74, 6) is 5.66. The van der Waals surface area contributed by atoms with Crippen molar-refractivity contribution in [1.29, 1.82) is 0 Å². The molecule has 0 saturated heterocycles. The number of nitrogens with two attached hydrogens (primary N) is 1. The fourth-order valence-electron chi connectivity index (χ4n) is 0.900. The summed E-state index contributed by atoms with van der Waals surface area (Å²) in [4.78, 5) is 11.3. The van der Waals surface area contributed by atoms with E-state index in [9.17, 15) is 4.79 Å². The first-order valence-electron chi connectivity index (χ1n) is 4.70. The Hall–Kier alpha value is -0.570. The van der Waals surface area contributed by atoms with Gasteiger partial charge in [-0.2, -0.15) is 0 Å². The van der Waals surface area contributed by atoms with Gasteiger partial charge >= 0.3 is 0 Å². The molecule has 1 amide bonds. The van der Waals surface area contributed by atoms with Crippen molar-refractivity contribution in [2.45, 2.75) is 52.5 Å². The Balaban J connectivity index is 3.75. The molecule has 3 heteroatoms. The highest BCUT2D eigenvalue weighted by atomic mass is 16.2. The first-order valence-corrected chi connectivity index (χ1v) is 4.70. The molecule has 0 heterocycles. The summed E-state index contributed by atoms with van der Waals surface area (Å²) in [6.07, 6.45) is 3.47. The van der Waals surface area contributed by atoms with E-state index in [1.54, 1.807) is 0 Å². The summed E-state index contributed by atoms with van der Waals surface area (Å²) in [5.41, 5.74) is 0. The predicted molar refractivity (Wildman–Crippen MR) is 50.3 cm³/mol. The molecular formula is C9H20N2O. The van der Waals surface area contributed by atoms with Crippen LogP contribution in [-0.4, -0.2) is 17.0 Å². The van der Waals surface area contributed by atoms with E-state index < -0.39 is 0 Å². The maximum Gasteiger partial charge on any atom is 0.236 e. The summed E-state index contributed by atoms with van der Waals surface area (Å²) >= 11 is 0. The third-order valence-corrected chi connectivity index (χ3v) is 2.10. The zero-order valence-electron chi connectivity index (χ0n) is 8.34. The molecule has 0 rings (SSSR count). The van der Waals surface area contributed by atoms with Gasteiger partial charge in [0.2, 0.25) is 5.91 Å². The molecule has 2 N–H and O–H groups in total. The highest BCUT2D eigenvalue weighted by molar-refractivity contribution is 5.75. The van der Waals surface area contributed by atoms with E-state index in [1.807, 2.05) is 13.8 Å². The van der Waals surface area contributed by atoms with Crippen molar-refractivity contribution in [1.82, 2.24) is 5.01 Å². The molecule has 1 atom stereocenters. The van der Waals surface area contributed by atoms with Crippen molar-refractivity contribution >= 4 is 5.91 Å². The molecule has 0 fully saturated rings. The van der Waals surface area contributed by atoms with Crippen LogP contribution in [0, 0.1) is 0 Å². The van der Waals surface area contributed by atoms with Gasteiger partial charge in [0.1, 0.15) is 0 Å². The molecule has 0 aromatic heterocycles. The van der Waals surface area contributed by atoms with Crippen molar-refractivity contribution in [3.63, 3.8) is 0 Å². The van der Waals surface area contributed by atoms with Gasteiger partial charge in [0, 0.05) is 12.5 Å². The van der Waals surface area contributed by atoms with Crippen LogP contribution in [0.3, 0.4) is 0 Å². The lowest BCUT2D eigenvalue weighted by atomic mass is 10.2. The molecule has 1 unspecified atom stereocenters. The summed E-state index contributed by atoms with van der Waals surface area (Å²) in [6, 6.07) is 0.161. The quantitative estimate of drug-likeness (QED) is 0.389. The van der Waals surface area contributed by atoms with E-state index in [2.05, 4.69) is 6.92 Å². The van der Waals surface area contributed by atoms with Gasteiger partial charge in [-0.25, -0.2) is 5.84 Å². The number of hydrogen-bond acceptors (Lipinski definition) is 2. The number of hydrogen-bond donors (Lipinski definition) is 1. The summed E-state index contributed by atoms with van der Waals surface area (Å²) in [5, 5.41) is 1.36. The number of amides is 1. The average molecular weight is 172 g/mol. The van der Waals surface area contributed by atoms with E-state index in [0.29, 0.717) is 6.42 Å². The predicted octanol–water partition coefficient (Wildman–Crippen LogP) is 1.68. The Bertz CT molecular complexity index is 136. The number of carbonyl (C=O) groups excluding carboxylic acids is 1. The lowest BCUT2D eigenvalue weighted by Crippen LogP contribution is -2.43. The molecule has 0 radical (unpaired) electrons. The van der Waals surface area contributed by atoms with E-state index >= 15 is 0 Å². The molecule has 72 valence electrons. The first-order chi connectivity index (χ1) is 5.63. The Morgan fingerprint density at radius 3 is 2.50 bits per heavy atom. The minimum absolute atomic E-state index is 0.0613. The van der Waals surface area contributed by atoms with Gasteiger partial charge in [0.25, 0.3) is 0 Å². The van der Waals surface area contributed by atoms with Crippen LogP contribution in [0.1, 0.15) is 46.5 Å². The van der Waals surface area contributed by atoms with Crippen LogP contribution in [0.25, 0.3) is 0 Å². The smallest absolute Gasteiger partial charge is 0.236 e. The topological polar surface area (TPSA) is 46.3 Å². The lowest BCUT2D eigenvalue weighted by molar-refractivity contribution is -0.133. The second-order valence-corrected chi connectivity index (χ2v) is 3.16. The van der Waals surface area contributed by atoms with E-state index in [-0.39, 0.29) is 11.9 Å². The Labute approximate surface area is 74.9 Å². The largest absolute Gasteiger partial charge is 0.278 e. The minimum atomic E-state index is 0.0613. The molecule has 0 bridgehead atoms. The third kappa shape index (κ3) is 3.72. The maximum atomic E-state index is 11.3. The fourth-order valence-corrected chi connectivity index (χ4v) is 0.900. The minimum Gasteiger partial charge on any atom is -0.278 e. The maximum absolute atomic E-state index is 11.3. The number of unbranched alkanes of at least 4 members (excludes halogenated alkanes) is 1. The van der Waals surface area contributed by atoms with E-state index in [0.717, 1.165) is 19.3 Å². The summed E-state index contributed by atoms with van der Waals surface area (Å²) in [6.45, 7) is 6.05. The highest BCUT2D eigenvalue weighted by Gasteiger charge is 2.13. The highest BCUT2D eigenvalue weighted by Crippen LogP contribution is 2.03. The molecule has 0 aliphatic carbocycles. The van der Waals surface area contributed by atoms with Crippen molar-refractivity contribution in [2.75, 3.05) is 0 Å². The van der Waals surface area contributed by atoms with Gasteiger partial charge in [0.15, 0.2) is 0 Å². The summed E-state index contributed by atoms with van der Waals surface area (Å²) in [7, 11) is 0. The molecule has 0 spiro atoms. The van der Waals surface area contributed by atoms with Crippen LogP contribution in [0.15, 0.2) is 0 Å². The molecule has 12 heavy (non-hydrogen) atoms. The van der Waals surface area contributed by atoms with Crippen LogP contribution in [-0.2, 0) is 4.79 Å².